The maximum absolute atomic E-state index is 11.5. The molecule has 0 spiro atoms. The van der Waals surface area contributed by atoms with Gasteiger partial charge in [0, 0.05) is 23.2 Å². The molecule has 0 radical (unpaired) electrons. The summed E-state index contributed by atoms with van der Waals surface area (Å²) >= 11 is 0. The summed E-state index contributed by atoms with van der Waals surface area (Å²) in [6.45, 7) is 5.23. The highest BCUT2D eigenvalue weighted by Gasteiger charge is 2.58. The Bertz CT molecular complexity index is 2040. The zero-order chi connectivity index (χ0) is 41.5. The zero-order valence-electron chi connectivity index (χ0n) is 37.8. The molecule has 3 aliphatic heterocycles. The van der Waals surface area contributed by atoms with E-state index in [0.717, 1.165) is 37.5 Å². The van der Waals surface area contributed by atoms with Crippen LogP contribution in [0.25, 0.3) is 0 Å². The summed E-state index contributed by atoms with van der Waals surface area (Å²) in [5, 5.41) is 24.6. The molecule has 7 heteroatoms. The average Bonchev–Trinajstić information content (AvgIpc) is 3.78. The Kier molecular flexibility index (Phi) is 10.7. The Morgan fingerprint density at radius 3 is 2.29 bits per heavy atom. The van der Waals surface area contributed by atoms with Crippen LogP contribution in [0.3, 0.4) is 0 Å². The van der Waals surface area contributed by atoms with Crippen molar-refractivity contribution in [1.82, 2.24) is 20.9 Å². The molecule has 7 nitrogen and oxygen atoms in total. The van der Waals surface area contributed by atoms with E-state index in [9.17, 15) is 5.26 Å². The van der Waals surface area contributed by atoms with E-state index in [-0.39, 0.29) is 41.8 Å². The molecule has 0 aromatic heterocycles. The number of rotatable bonds is 5. The van der Waals surface area contributed by atoms with Gasteiger partial charge < -0.3 is 14.5 Å². The van der Waals surface area contributed by atoms with Crippen molar-refractivity contribution >= 4 is 5.69 Å². The van der Waals surface area contributed by atoms with Gasteiger partial charge in [0.2, 0.25) is 0 Å². The molecule has 4 saturated carbocycles. The van der Waals surface area contributed by atoms with Crippen molar-refractivity contribution in [2.24, 2.45) is 40.9 Å². The number of benzene rings is 1. The van der Waals surface area contributed by atoms with Crippen LogP contribution in [0.5, 0.6) is 0 Å². The standard InChI is InChI=1S/C55H74N6O/c1-55(2)42-24-9-6-19-36(42)39-22-16-23-40(51(39)55)53-57-52(34-17-4-3-5-18-34)58-54(59-53)41-31-35(33-56)47(60-43-25-10-7-20-37(43)38-21-8-11-26-44(38)60)32-48(41)61-45-27-12-14-29-49(45)62-50-30-15-13-28-46(50)61/h4,7,10-11,17-18,20,24-26,32,35-36,38-41,44-47,49-54,57-59H,3,5-6,8-9,12-16,19,21-23,27-31H2,1-2H3. The van der Waals surface area contributed by atoms with Crippen LogP contribution in [-0.2, 0) is 4.74 Å². The van der Waals surface area contributed by atoms with E-state index < -0.39 is 0 Å². The smallest absolute Gasteiger partial charge is 0.0856 e. The highest BCUT2D eigenvalue weighted by molar-refractivity contribution is 5.65. The Labute approximate surface area is 372 Å². The molecule has 330 valence electrons. The molecule has 6 fully saturated rings. The molecule has 8 aliphatic carbocycles. The van der Waals surface area contributed by atoms with Crippen LogP contribution in [0.1, 0.15) is 147 Å². The second-order valence-corrected chi connectivity index (χ2v) is 22.3. The normalized spacial score (nSPS) is 44.3. The van der Waals surface area contributed by atoms with Gasteiger partial charge >= 0.3 is 0 Å². The average molecular weight is 835 g/mol. The lowest BCUT2D eigenvalue weighted by Gasteiger charge is -2.58. The molecule has 1 aromatic rings. The van der Waals surface area contributed by atoms with E-state index in [0.29, 0.717) is 48.1 Å². The fourth-order valence-electron chi connectivity index (χ4n) is 16.6. The molecule has 62 heavy (non-hydrogen) atoms. The molecule has 0 bridgehead atoms. The van der Waals surface area contributed by atoms with E-state index in [2.05, 4.69) is 112 Å². The van der Waals surface area contributed by atoms with Crippen molar-refractivity contribution in [2.45, 2.75) is 197 Å². The number of anilines is 1. The van der Waals surface area contributed by atoms with Crippen LogP contribution in [-0.4, -0.2) is 59.8 Å². The molecular formula is C55H74N6O. The Morgan fingerprint density at radius 2 is 1.48 bits per heavy atom. The van der Waals surface area contributed by atoms with Crippen LogP contribution in [0.15, 0.2) is 83.6 Å². The van der Waals surface area contributed by atoms with Gasteiger partial charge in [-0.2, -0.15) is 5.26 Å². The zero-order valence-corrected chi connectivity index (χ0v) is 37.8. The molecule has 3 N–H and O–H groups in total. The van der Waals surface area contributed by atoms with Gasteiger partial charge in [-0.1, -0.05) is 106 Å². The molecule has 11 aliphatic rings. The first-order valence-electron chi connectivity index (χ1n) is 25.9. The maximum Gasteiger partial charge on any atom is 0.0856 e. The number of fused-ring (bicyclic) bond motifs is 8. The summed E-state index contributed by atoms with van der Waals surface area (Å²) in [6, 6.07) is 13.4. The van der Waals surface area contributed by atoms with Gasteiger partial charge in [0.15, 0.2) is 0 Å². The summed E-state index contributed by atoms with van der Waals surface area (Å²) in [4.78, 5) is 5.74. The van der Waals surface area contributed by atoms with E-state index in [4.69, 9.17) is 4.74 Å². The number of hydrogen-bond acceptors (Lipinski definition) is 7. The third-order valence-electron chi connectivity index (χ3n) is 19.0. The SMILES string of the molecule is CC1(C)C2=CCCCC2C2CCCC(C3NC(C4=CCCC=C4)NC(C4CC(C#N)C(N5c6ccccc6C6CCC=CC65)C=C4N4C5CCCCC5OC5CCCCC54)N3)C21. The summed E-state index contributed by atoms with van der Waals surface area (Å²) < 4.78 is 7.17. The minimum Gasteiger partial charge on any atom is -0.371 e. The topological polar surface area (TPSA) is 75.6 Å². The second-order valence-electron chi connectivity index (χ2n) is 22.3. The number of hydrogen-bond donors (Lipinski definition) is 3. The lowest BCUT2D eigenvalue weighted by molar-refractivity contribution is -0.168. The van der Waals surface area contributed by atoms with Gasteiger partial charge in [-0.15, -0.1) is 0 Å². The van der Waals surface area contributed by atoms with Crippen LogP contribution in [0.2, 0.25) is 0 Å². The molecule has 16 unspecified atom stereocenters. The number of morpholine rings is 1. The number of nitrogens with zero attached hydrogens (tertiary/aromatic N) is 3. The summed E-state index contributed by atoms with van der Waals surface area (Å²) in [5.41, 5.74) is 7.78. The number of nitrogens with one attached hydrogen (secondary N) is 3. The Hall–Kier alpha value is -3.15. The summed E-state index contributed by atoms with van der Waals surface area (Å²) in [5.74, 6) is 3.31. The first kappa shape index (κ1) is 40.4. The second kappa shape index (κ2) is 16.4. The highest BCUT2D eigenvalue weighted by Crippen LogP contribution is 2.63. The molecule has 1 aromatic carbocycles. The van der Waals surface area contributed by atoms with Gasteiger partial charge in [-0.25, -0.2) is 0 Å². The lowest BCUT2D eigenvalue weighted by Crippen LogP contribution is -2.73. The van der Waals surface area contributed by atoms with Crippen LogP contribution < -0.4 is 20.9 Å². The van der Waals surface area contributed by atoms with Crippen LogP contribution in [0.4, 0.5) is 5.69 Å². The van der Waals surface area contributed by atoms with Gasteiger partial charge in [0.1, 0.15) is 0 Å². The quantitative estimate of drug-likeness (QED) is 0.255. The molecule has 16 atom stereocenters. The molecule has 2 saturated heterocycles. The van der Waals surface area contributed by atoms with Crippen molar-refractivity contribution in [1.29, 1.82) is 5.26 Å². The van der Waals surface area contributed by atoms with Gasteiger partial charge in [0.05, 0.1) is 66.9 Å². The third-order valence-corrected chi connectivity index (χ3v) is 19.0. The molecule has 12 rings (SSSR count). The Morgan fingerprint density at radius 1 is 0.694 bits per heavy atom. The van der Waals surface area contributed by atoms with Crippen molar-refractivity contribution < 1.29 is 4.74 Å². The van der Waals surface area contributed by atoms with Gasteiger partial charge in [-0.05, 0) is 142 Å². The first-order valence-corrected chi connectivity index (χ1v) is 25.9. The number of nitriles is 1. The van der Waals surface area contributed by atoms with Crippen molar-refractivity contribution in [3.8, 4) is 6.07 Å². The first-order chi connectivity index (χ1) is 30.5. The summed E-state index contributed by atoms with van der Waals surface area (Å²) in [6.07, 6.45) is 41.8. The van der Waals surface area contributed by atoms with Crippen molar-refractivity contribution in [2.75, 3.05) is 4.90 Å². The highest BCUT2D eigenvalue weighted by atomic mass is 16.5. The number of allylic oxidation sites excluding steroid dienone is 5. The number of para-hydroxylation sites is 1. The third kappa shape index (κ3) is 6.61. The van der Waals surface area contributed by atoms with Crippen molar-refractivity contribution in [3.63, 3.8) is 0 Å². The minimum absolute atomic E-state index is 0.0179. The van der Waals surface area contributed by atoms with E-state index >= 15 is 0 Å². The van der Waals surface area contributed by atoms with Crippen LogP contribution in [0, 0.1) is 52.3 Å². The van der Waals surface area contributed by atoms with Gasteiger partial charge in [-0.3, -0.25) is 16.0 Å². The van der Waals surface area contributed by atoms with E-state index in [1.807, 2.05) is 0 Å². The summed E-state index contributed by atoms with van der Waals surface area (Å²) in [7, 11) is 0. The number of ether oxygens (including phenoxy) is 1. The lowest BCUT2D eigenvalue weighted by atomic mass is 9.63. The van der Waals surface area contributed by atoms with E-state index in [1.165, 1.54) is 119 Å². The molecular weight excluding hydrogens is 761 g/mol. The maximum atomic E-state index is 11.5. The fraction of sp³-hybridized carbons (Fsp3) is 0.691. The van der Waals surface area contributed by atoms with Crippen molar-refractivity contribution in [3.05, 3.63) is 89.2 Å². The van der Waals surface area contributed by atoms with E-state index in [1.54, 1.807) is 5.57 Å². The largest absolute Gasteiger partial charge is 0.371 e. The minimum atomic E-state index is -0.122. The fourth-order valence-corrected chi connectivity index (χ4v) is 16.6. The predicted octanol–water partition coefficient (Wildman–Crippen LogP) is 10.5. The monoisotopic (exact) mass is 835 g/mol. The van der Waals surface area contributed by atoms with Gasteiger partial charge in [0.25, 0.3) is 0 Å². The molecule has 0 amide bonds. The predicted molar refractivity (Wildman–Crippen MR) is 249 cm³/mol. The molecule has 3 heterocycles. The van der Waals surface area contributed by atoms with Crippen LogP contribution >= 0.6 is 0 Å². The Balaban J connectivity index is 0.977.